The van der Waals surface area contributed by atoms with Gasteiger partial charge in [0.25, 0.3) is 0 Å². The summed E-state index contributed by atoms with van der Waals surface area (Å²) >= 11 is 0. The molecule has 6 nitrogen and oxygen atoms in total. The van der Waals surface area contributed by atoms with E-state index in [1.165, 1.54) is 19.2 Å². The molecule has 0 saturated carbocycles. The maximum atomic E-state index is 13.2. The Balaban J connectivity index is 1.76. The lowest BCUT2D eigenvalue weighted by Crippen LogP contribution is -2.31. The number of rotatable bonds is 5. The molecular formula is C24H22FNO5. The van der Waals surface area contributed by atoms with E-state index >= 15 is 0 Å². The van der Waals surface area contributed by atoms with Gasteiger partial charge in [0.15, 0.2) is 5.78 Å². The quantitative estimate of drug-likeness (QED) is 0.735. The van der Waals surface area contributed by atoms with Crippen molar-refractivity contribution < 1.29 is 28.2 Å². The molecule has 31 heavy (non-hydrogen) atoms. The molecule has 1 heterocycles. The summed E-state index contributed by atoms with van der Waals surface area (Å²) in [5.74, 6) is -0.941. The third-order valence-corrected chi connectivity index (χ3v) is 5.43. The average molecular weight is 423 g/mol. The van der Waals surface area contributed by atoms with Gasteiger partial charge in [0.1, 0.15) is 29.5 Å². The Morgan fingerprint density at radius 2 is 1.90 bits per heavy atom. The zero-order chi connectivity index (χ0) is 22.0. The molecule has 2 N–H and O–H groups in total. The van der Waals surface area contributed by atoms with Crippen LogP contribution in [0.2, 0.25) is 0 Å². The number of ketones is 1. The zero-order valence-corrected chi connectivity index (χ0v) is 17.0. The van der Waals surface area contributed by atoms with E-state index in [0.29, 0.717) is 41.9 Å². The van der Waals surface area contributed by atoms with Gasteiger partial charge in [0, 0.05) is 24.0 Å². The Morgan fingerprint density at radius 3 is 2.65 bits per heavy atom. The molecule has 4 rings (SSSR count). The van der Waals surface area contributed by atoms with Crippen LogP contribution in [0.15, 0.2) is 71.3 Å². The van der Waals surface area contributed by atoms with Gasteiger partial charge in [0.05, 0.1) is 13.0 Å². The summed E-state index contributed by atoms with van der Waals surface area (Å²) in [5, 5.41) is 0. The number of hydrogen-bond donors (Lipinski definition) is 1. The van der Waals surface area contributed by atoms with Crippen molar-refractivity contribution in [3.8, 4) is 5.75 Å². The monoisotopic (exact) mass is 423 g/mol. The second-order valence-corrected chi connectivity index (χ2v) is 7.37. The lowest BCUT2D eigenvalue weighted by molar-refractivity contribution is -0.136. The Kier molecular flexibility index (Phi) is 5.75. The summed E-state index contributed by atoms with van der Waals surface area (Å²) in [5.41, 5.74) is 7.98. The van der Waals surface area contributed by atoms with Crippen molar-refractivity contribution in [2.45, 2.75) is 31.8 Å². The summed E-state index contributed by atoms with van der Waals surface area (Å²) in [4.78, 5) is 25.5. The van der Waals surface area contributed by atoms with Gasteiger partial charge in [-0.25, -0.2) is 9.18 Å². The summed E-state index contributed by atoms with van der Waals surface area (Å²) in [7, 11) is 1.25. The minimum atomic E-state index is -0.756. The normalized spacial score (nSPS) is 18.4. The van der Waals surface area contributed by atoms with E-state index < -0.39 is 11.9 Å². The average Bonchev–Trinajstić information content (AvgIpc) is 2.78. The predicted octanol–water partition coefficient (Wildman–Crippen LogP) is 3.87. The number of benzene rings is 2. The van der Waals surface area contributed by atoms with Crippen molar-refractivity contribution in [2.75, 3.05) is 7.11 Å². The molecule has 0 aromatic heterocycles. The Hall–Kier alpha value is -3.61. The highest BCUT2D eigenvalue weighted by Gasteiger charge is 2.42. The van der Waals surface area contributed by atoms with E-state index in [9.17, 15) is 14.0 Å². The first-order chi connectivity index (χ1) is 15.0. The van der Waals surface area contributed by atoms with Gasteiger partial charge in [-0.2, -0.15) is 0 Å². The van der Waals surface area contributed by atoms with E-state index in [1.807, 2.05) is 0 Å². The number of methoxy groups -OCH3 is 1. The van der Waals surface area contributed by atoms with Crippen molar-refractivity contribution in [3.63, 3.8) is 0 Å². The van der Waals surface area contributed by atoms with Crippen molar-refractivity contribution in [1.29, 1.82) is 0 Å². The fourth-order valence-corrected chi connectivity index (χ4v) is 3.97. The highest BCUT2D eigenvalue weighted by Crippen LogP contribution is 2.46. The van der Waals surface area contributed by atoms with Crippen molar-refractivity contribution >= 4 is 11.8 Å². The third kappa shape index (κ3) is 4.03. The number of halogens is 1. The number of carbonyl (C=O) groups excluding carboxylic acids is 2. The van der Waals surface area contributed by atoms with Crippen LogP contribution in [0.4, 0.5) is 4.39 Å². The Morgan fingerprint density at radius 1 is 1.16 bits per heavy atom. The molecule has 0 bridgehead atoms. The van der Waals surface area contributed by atoms with E-state index in [2.05, 4.69) is 0 Å². The fourth-order valence-electron chi connectivity index (χ4n) is 3.97. The Bertz CT molecular complexity index is 1090. The van der Waals surface area contributed by atoms with Crippen molar-refractivity contribution in [1.82, 2.24) is 0 Å². The second kappa shape index (κ2) is 8.63. The number of carbonyl (C=O) groups is 2. The van der Waals surface area contributed by atoms with Gasteiger partial charge in [0.2, 0.25) is 5.88 Å². The van der Waals surface area contributed by atoms with Crippen molar-refractivity contribution in [2.24, 2.45) is 5.73 Å². The molecule has 1 aliphatic heterocycles. The first-order valence-corrected chi connectivity index (χ1v) is 9.97. The lowest BCUT2D eigenvalue weighted by atomic mass is 9.77. The lowest BCUT2D eigenvalue weighted by Gasteiger charge is -2.32. The number of allylic oxidation sites excluding steroid dienone is 2. The summed E-state index contributed by atoms with van der Waals surface area (Å²) < 4.78 is 29.8. The van der Waals surface area contributed by atoms with E-state index in [4.69, 9.17) is 19.9 Å². The number of hydrogen-bond acceptors (Lipinski definition) is 6. The van der Waals surface area contributed by atoms with Gasteiger partial charge in [-0.1, -0.05) is 30.3 Å². The van der Waals surface area contributed by atoms with Crippen LogP contribution >= 0.6 is 0 Å². The van der Waals surface area contributed by atoms with Crippen LogP contribution in [-0.4, -0.2) is 18.9 Å². The first-order valence-electron chi connectivity index (χ1n) is 9.97. The number of ether oxygens (including phenoxy) is 3. The molecular weight excluding hydrogens is 401 g/mol. The largest absolute Gasteiger partial charge is 0.489 e. The minimum absolute atomic E-state index is 0.0707. The van der Waals surface area contributed by atoms with Crippen LogP contribution < -0.4 is 10.5 Å². The smallest absolute Gasteiger partial charge is 0.340 e. The summed E-state index contributed by atoms with van der Waals surface area (Å²) in [6.45, 7) is 0.188. The maximum absolute atomic E-state index is 13.2. The number of Topliss-reactive ketones (excluding diaryl/α,β-unsaturated/α-hetero) is 1. The zero-order valence-electron chi connectivity index (χ0n) is 17.0. The summed E-state index contributed by atoms with van der Waals surface area (Å²) in [6, 6.07) is 13.1. The van der Waals surface area contributed by atoms with E-state index in [0.717, 1.165) is 5.56 Å². The summed E-state index contributed by atoms with van der Waals surface area (Å²) in [6.07, 6.45) is 1.59. The van der Waals surface area contributed by atoms with Crippen molar-refractivity contribution in [3.05, 3.63) is 88.3 Å². The van der Waals surface area contributed by atoms with E-state index in [-0.39, 0.29) is 29.7 Å². The second-order valence-electron chi connectivity index (χ2n) is 7.37. The van der Waals surface area contributed by atoms with Crippen LogP contribution in [0.5, 0.6) is 5.75 Å². The van der Waals surface area contributed by atoms with Crippen LogP contribution in [0.3, 0.4) is 0 Å². The van der Waals surface area contributed by atoms with Crippen LogP contribution in [0.25, 0.3) is 0 Å². The molecule has 2 aromatic rings. The predicted molar refractivity (Wildman–Crippen MR) is 110 cm³/mol. The fraction of sp³-hybridized carbons (Fsp3) is 0.250. The highest BCUT2D eigenvalue weighted by molar-refractivity contribution is 6.03. The van der Waals surface area contributed by atoms with Gasteiger partial charge >= 0.3 is 5.97 Å². The molecule has 160 valence electrons. The first kappa shape index (κ1) is 20.7. The van der Waals surface area contributed by atoms with E-state index in [1.54, 1.807) is 36.4 Å². The van der Waals surface area contributed by atoms with Crippen LogP contribution in [0.1, 0.15) is 36.3 Å². The van der Waals surface area contributed by atoms with Gasteiger partial charge < -0.3 is 19.9 Å². The van der Waals surface area contributed by atoms with Gasteiger partial charge in [-0.3, -0.25) is 4.79 Å². The number of esters is 1. The Labute approximate surface area is 179 Å². The number of nitrogens with two attached hydrogens (primary N) is 1. The molecule has 0 radical (unpaired) electrons. The standard InChI is InChI=1S/C24H22FNO5/c1-29-24(28)22-20(21-17(27)6-4-8-19(21)31-23(22)26)16-5-2-3-7-18(16)30-13-14-9-11-15(25)12-10-14/h2-3,5,7,9-12,20H,4,6,8,13,26H2,1H3/t20-/m0/s1. The van der Waals surface area contributed by atoms with Gasteiger partial charge in [-0.05, 0) is 30.2 Å². The molecule has 0 fully saturated rings. The molecule has 2 aromatic carbocycles. The van der Waals surface area contributed by atoms with Gasteiger partial charge in [-0.15, -0.1) is 0 Å². The molecule has 0 unspecified atom stereocenters. The van der Waals surface area contributed by atoms with Crippen LogP contribution in [0, 0.1) is 5.82 Å². The topological polar surface area (TPSA) is 87.9 Å². The SMILES string of the molecule is COC(=O)C1=C(N)OC2=C(C(=O)CCC2)[C@@H]1c1ccccc1OCc1ccc(F)cc1. The maximum Gasteiger partial charge on any atom is 0.340 e. The molecule has 7 heteroatoms. The molecule has 0 saturated heterocycles. The van der Waals surface area contributed by atoms with Crippen LogP contribution in [-0.2, 0) is 25.7 Å². The molecule has 1 aliphatic carbocycles. The molecule has 0 amide bonds. The molecule has 0 spiro atoms. The molecule has 2 aliphatic rings. The third-order valence-electron chi connectivity index (χ3n) is 5.43. The molecule has 1 atom stereocenters. The highest BCUT2D eigenvalue weighted by atomic mass is 19.1. The number of para-hydroxylation sites is 1. The minimum Gasteiger partial charge on any atom is -0.489 e.